The fourth-order valence-electron chi connectivity index (χ4n) is 3.56. The Labute approximate surface area is 241 Å². The first kappa shape index (κ1) is 28.8. The van der Waals surface area contributed by atoms with Crippen LogP contribution in [-0.4, -0.2) is 42.5 Å². The van der Waals surface area contributed by atoms with E-state index in [1.165, 1.54) is 18.2 Å². The summed E-state index contributed by atoms with van der Waals surface area (Å²) in [4.78, 5) is 26.2. The van der Waals surface area contributed by atoms with Crippen molar-refractivity contribution in [3.63, 3.8) is 0 Å². The number of amides is 2. The summed E-state index contributed by atoms with van der Waals surface area (Å²) in [6.45, 7) is 0.505. The standard InChI is InChI=1S/C23H20F5N2O3.Rb/c1-14-6-7-19-16(12-14)18(13-20(32)29-9-11-31)22(24,25)8-10-30(19)21(33)15-4-2-3-5-17(15)23(26,27)28;/h2,4-7,12-13,31H,8-11H2,1H3,(H,29,32);/q-1;+1/b18-13-;. The van der Waals surface area contributed by atoms with Gasteiger partial charge in [0.2, 0.25) is 11.8 Å². The smallest absolute Gasteiger partial charge is 0.395 e. The van der Waals surface area contributed by atoms with Crippen molar-refractivity contribution >= 4 is 23.1 Å². The summed E-state index contributed by atoms with van der Waals surface area (Å²) in [5.74, 6) is -5.52. The van der Waals surface area contributed by atoms with E-state index in [4.69, 9.17) is 5.11 Å². The second-order valence-corrected chi connectivity index (χ2v) is 7.47. The summed E-state index contributed by atoms with van der Waals surface area (Å²) in [7, 11) is 0. The molecule has 2 amide bonds. The average Bonchev–Trinajstić information content (AvgIpc) is 2.85. The van der Waals surface area contributed by atoms with Crippen molar-refractivity contribution in [2.75, 3.05) is 24.6 Å². The summed E-state index contributed by atoms with van der Waals surface area (Å²) >= 11 is 0. The van der Waals surface area contributed by atoms with Gasteiger partial charge in [-0.3, -0.25) is 9.59 Å². The summed E-state index contributed by atoms with van der Waals surface area (Å²) in [6.07, 6.45) is -5.06. The minimum atomic E-state index is -4.84. The largest absolute Gasteiger partial charge is 1.00 e. The summed E-state index contributed by atoms with van der Waals surface area (Å²) in [5, 5.41) is 11.1. The van der Waals surface area contributed by atoms with Gasteiger partial charge in [0, 0.05) is 36.7 Å². The predicted octanol–water partition coefficient (Wildman–Crippen LogP) is 0.996. The number of hydrogen-bond donors (Lipinski definition) is 2. The number of fused-ring (bicyclic) bond motifs is 1. The molecule has 0 saturated carbocycles. The Morgan fingerprint density at radius 3 is 2.62 bits per heavy atom. The van der Waals surface area contributed by atoms with Crippen LogP contribution in [0.4, 0.5) is 27.6 Å². The Morgan fingerprint density at radius 2 is 1.97 bits per heavy atom. The van der Waals surface area contributed by atoms with Crippen LogP contribution in [0.3, 0.4) is 0 Å². The number of nitrogens with zero attached hydrogens (tertiary/aromatic N) is 1. The molecule has 2 aromatic carbocycles. The van der Waals surface area contributed by atoms with Crippen LogP contribution >= 0.6 is 0 Å². The minimum absolute atomic E-state index is 0. The Kier molecular flexibility index (Phi) is 9.74. The second-order valence-electron chi connectivity index (χ2n) is 7.47. The Balaban J connectivity index is 0.00000408. The zero-order chi connectivity index (χ0) is 24.4. The molecule has 176 valence electrons. The van der Waals surface area contributed by atoms with E-state index in [1.807, 2.05) is 0 Å². The van der Waals surface area contributed by atoms with Gasteiger partial charge in [0.05, 0.1) is 12.3 Å². The zero-order valence-corrected chi connectivity index (χ0v) is 23.4. The van der Waals surface area contributed by atoms with Crippen LogP contribution < -0.4 is 68.4 Å². The molecule has 1 aliphatic heterocycles. The Morgan fingerprint density at radius 1 is 1.26 bits per heavy atom. The number of aliphatic hydroxyl groups excluding tert-OH is 1. The van der Waals surface area contributed by atoms with Gasteiger partial charge in [-0.1, -0.05) is 17.2 Å². The van der Waals surface area contributed by atoms with Crippen molar-refractivity contribution in [3.8, 4) is 0 Å². The quantitative estimate of drug-likeness (QED) is 0.338. The van der Waals surface area contributed by atoms with E-state index in [9.17, 15) is 22.8 Å². The minimum Gasteiger partial charge on any atom is -0.395 e. The van der Waals surface area contributed by atoms with Gasteiger partial charge >= 0.3 is 64.4 Å². The fraction of sp³-hybridized carbons (Fsp3) is 0.304. The number of rotatable bonds is 4. The molecule has 0 aliphatic carbocycles. The van der Waals surface area contributed by atoms with Crippen LogP contribution in [0, 0.1) is 13.0 Å². The van der Waals surface area contributed by atoms with E-state index in [0.29, 0.717) is 17.7 Å². The molecule has 11 heteroatoms. The number of carbonyl (C=O) groups excluding carboxylic acids is 2. The zero-order valence-electron chi connectivity index (χ0n) is 18.5. The Bertz CT molecular complexity index is 1100. The first-order valence-electron chi connectivity index (χ1n) is 9.94. The summed E-state index contributed by atoms with van der Waals surface area (Å²) < 4.78 is 70.6. The number of carbonyl (C=O) groups is 2. The number of alkyl halides is 5. The number of aryl methyl sites for hydroxylation is 1. The third kappa shape index (κ3) is 6.40. The van der Waals surface area contributed by atoms with E-state index in [0.717, 1.165) is 17.0 Å². The number of aliphatic hydroxyl groups is 1. The second kappa shape index (κ2) is 11.5. The van der Waals surface area contributed by atoms with E-state index >= 15 is 8.78 Å². The van der Waals surface area contributed by atoms with E-state index in [2.05, 4.69) is 11.4 Å². The molecule has 0 spiro atoms. The number of benzene rings is 2. The molecule has 0 unspecified atom stereocenters. The van der Waals surface area contributed by atoms with E-state index in [-0.39, 0.29) is 82.6 Å². The fourth-order valence-corrected chi connectivity index (χ4v) is 3.56. The molecule has 0 bridgehead atoms. The molecule has 0 fully saturated rings. The molecule has 0 radical (unpaired) electrons. The third-order valence-corrected chi connectivity index (χ3v) is 5.11. The van der Waals surface area contributed by atoms with Gasteiger partial charge in [0.15, 0.2) is 0 Å². The molecule has 1 aliphatic rings. The SMILES string of the molecule is Cc1ccc2c(c1)/C(=C/C(=O)NCCO)C(F)(F)CCN2C(=O)c1cc[c-]cc1C(F)(F)F.[Rb+]. The normalized spacial score (nSPS) is 16.3. The third-order valence-electron chi connectivity index (χ3n) is 5.11. The van der Waals surface area contributed by atoms with Crippen LogP contribution in [0.5, 0.6) is 0 Å². The molecule has 3 rings (SSSR count). The van der Waals surface area contributed by atoms with Gasteiger partial charge in [0.25, 0.3) is 5.92 Å². The molecule has 1 heterocycles. The molecule has 2 aromatic rings. The topological polar surface area (TPSA) is 69.6 Å². The predicted molar refractivity (Wildman–Crippen MR) is 111 cm³/mol. The van der Waals surface area contributed by atoms with Crippen molar-refractivity contribution in [3.05, 3.63) is 70.8 Å². The van der Waals surface area contributed by atoms with Crippen molar-refractivity contribution in [1.82, 2.24) is 5.32 Å². The molecular weight excluding hydrogens is 533 g/mol. The average molecular weight is 553 g/mol. The van der Waals surface area contributed by atoms with Crippen LogP contribution in [-0.2, 0) is 11.0 Å². The van der Waals surface area contributed by atoms with Crippen molar-refractivity contribution < 1.29 is 94.8 Å². The van der Waals surface area contributed by atoms with Crippen LogP contribution in [0.1, 0.15) is 33.5 Å². The molecular formula is C23H20F5N2O3Rb. The van der Waals surface area contributed by atoms with Crippen molar-refractivity contribution in [1.29, 1.82) is 0 Å². The van der Waals surface area contributed by atoms with E-state index in [1.54, 1.807) is 6.92 Å². The molecule has 0 atom stereocenters. The first-order valence-corrected chi connectivity index (χ1v) is 9.94. The van der Waals surface area contributed by atoms with Crippen molar-refractivity contribution in [2.45, 2.75) is 25.4 Å². The first-order chi connectivity index (χ1) is 15.5. The van der Waals surface area contributed by atoms with Gasteiger partial charge < -0.3 is 15.3 Å². The summed E-state index contributed by atoms with van der Waals surface area (Å²) in [6, 6.07) is 9.25. The van der Waals surface area contributed by atoms with Gasteiger partial charge in [-0.2, -0.15) is 37.4 Å². The number of halogens is 5. The van der Waals surface area contributed by atoms with Crippen LogP contribution in [0.2, 0.25) is 0 Å². The summed E-state index contributed by atoms with van der Waals surface area (Å²) in [5.41, 5.74) is -2.20. The molecule has 0 saturated heterocycles. The number of allylic oxidation sites excluding steroid dienone is 1. The molecule has 0 aromatic heterocycles. The number of anilines is 1. The molecule has 2 N–H and O–H groups in total. The van der Waals surface area contributed by atoms with Crippen molar-refractivity contribution in [2.24, 2.45) is 0 Å². The van der Waals surface area contributed by atoms with Crippen LogP contribution in [0.15, 0.2) is 42.5 Å². The van der Waals surface area contributed by atoms with E-state index < -0.39 is 53.6 Å². The van der Waals surface area contributed by atoms with Crippen LogP contribution in [0.25, 0.3) is 5.57 Å². The maximum Gasteiger partial charge on any atom is 1.00 e. The van der Waals surface area contributed by atoms with Gasteiger partial charge in [-0.25, -0.2) is 8.78 Å². The van der Waals surface area contributed by atoms with Gasteiger partial charge in [-0.15, -0.1) is 0 Å². The molecule has 5 nitrogen and oxygen atoms in total. The Hall–Kier alpha value is -1.46. The maximum atomic E-state index is 15.1. The monoisotopic (exact) mass is 552 g/mol. The van der Waals surface area contributed by atoms with Gasteiger partial charge in [0.1, 0.15) is 0 Å². The maximum absolute atomic E-state index is 15.1. The molecule has 34 heavy (non-hydrogen) atoms. The number of nitrogens with one attached hydrogen (secondary N) is 1. The van der Waals surface area contributed by atoms with Gasteiger partial charge in [-0.05, 0) is 24.6 Å². The number of hydrogen-bond acceptors (Lipinski definition) is 3.